The van der Waals surface area contributed by atoms with Gasteiger partial charge in [-0.2, -0.15) is 0 Å². The maximum absolute atomic E-state index is 12.1. The summed E-state index contributed by atoms with van der Waals surface area (Å²) in [6.45, 7) is 2.92. The van der Waals surface area contributed by atoms with E-state index >= 15 is 0 Å². The molecule has 86 valence electrons. The van der Waals surface area contributed by atoms with Gasteiger partial charge in [-0.3, -0.25) is 10.1 Å². The molecular formula is C12H22N2O. The third kappa shape index (κ3) is 2.33. The topological polar surface area (TPSA) is 32.3 Å². The van der Waals surface area contributed by atoms with Crippen LogP contribution in [0.25, 0.3) is 0 Å². The summed E-state index contributed by atoms with van der Waals surface area (Å²) in [6.07, 6.45) is 8.45. The molecule has 1 aliphatic carbocycles. The predicted molar refractivity (Wildman–Crippen MR) is 60.4 cm³/mol. The molecule has 1 saturated heterocycles. The fourth-order valence-electron chi connectivity index (χ4n) is 2.79. The lowest BCUT2D eigenvalue weighted by Crippen LogP contribution is -2.39. The minimum absolute atomic E-state index is 0.108. The first-order valence-corrected chi connectivity index (χ1v) is 6.36. The first kappa shape index (κ1) is 10.9. The average Bonchev–Trinajstić information content (AvgIpc) is 2.63. The van der Waals surface area contributed by atoms with Crippen LogP contribution < -0.4 is 5.32 Å². The summed E-state index contributed by atoms with van der Waals surface area (Å²) in [5.74, 6) is 0.351. The fourth-order valence-corrected chi connectivity index (χ4v) is 2.79. The molecule has 0 radical (unpaired) electrons. The second-order valence-electron chi connectivity index (χ2n) is 4.80. The van der Waals surface area contributed by atoms with Gasteiger partial charge in [0.2, 0.25) is 5.91 Å². The third-order valence-corrected chi connectivity index (χ3v) is 3.68. The SMILES string of the molecule is CCCC1NCN(C2CCCCC2)C1=O. The zero-order chi connectivity index (χ0) is 10.7. The quantitative estimate of drug-likeness (QED) is 0.771. The molecule has 0 aromatic carbocycles. The van der Waals surface area contributed by atoms with Gasteiger partial charge in [-0.15, -0.1) is 0 Å². The molecule has 1 N–H and O–H groups in total. The lowest BCUT2D eigenvalue weighted by atomic mass is 9.94. The van der Waals surface area contributed by atoms with Crippen molar-refractivity contribution >= 4 is 5.91 Å². The number of amides is 1. The van der Waals surface area contributed by atoms with E-state index in [9.17, 15) is 4.79 Å². The molecule has 0 bridgehead atoms. The summed E-state index contributed by atoms with van der Waals surface area (Å²) in [6, 6.07) is 0.637. The van der Waals surface area contributed by atoms with E-state index in [0.29, 0.717) is 11.9 Å². The highest BCUT2D eigenvalue weighted by molar-refractivity contribution is 5.84. The number of rotatable bonds is 3. The van der Waals surface area contributed by atoms with Crippen LogP contribution in [0.3, 0.4) is 0 Å². The molecule has 2 fully saturated rings. The van der Waals surface area contributed by atoms with Gasteiger partial charge in [0.25, 0.3) is 0 Å². The number of carbonyl (C=O) groups excluding carboxylic acids is 1. The zero-order valence-electron chi connectivity index (χ0n) is 9.67. The first-order chi connectivity index (χ1) is 7.33. The van der Waals surface area contributed by atoms with Gasteiger partial charge in [0.1, 0.15) is 0 Å². The molecule has 0 aromatic rings. The van der Waals surface area contributed by atoms with E-state index in [1.807, 2.05) is 0 Å². The molecule has 2 rings (SSSR count). The van der Waals surface area contributed by atoms with Crippen molar-refractivity contribution in [1.82, 2.24) is 10.2 Å². The van der Waals surface area contributed by atoms with E-state index in [0.717, 1.165) is 19.5 Å². The summed E-state index contributed by atoms with van der Waals surface area (Å²) in [7, 11) is 0. The number of carbonyl (C=O) groups is 1. The lowest BCUT2D eigenvalue weighted by Gasteiger charge is -2.30. The van der Waals surface area contributed by atoms with E-state index in [4.69, 9.17) is 0 Å². The minimum Gasteiger partial charge on any atom is -0.326 e. The number of hydrogen-bond donors (Lipinski definition) is 1. The average molecular weight is 210 g/mol. The Bertz CT molecular complexity index is 224. The molecule has 1 amide bonds. The van der Waals surface area contributed by atoms with Gasteiger partial charge >= 0.3 is 0 Å². The molecular weight excluding hydrogens is 188 g/mol. The van der Waals surface area contributed by atoms with Crippen LogP contribution in [-0.4, -0.2) is 29.6 Å². The largest absolute Gasteiger partial charge is 0.326 e. The Balaban J connectivity index is 1.90. The molecule has 3 nitrogen and oxygen atoms in total. The minimum atomic E-state index is 0.108. The van der Waals surface area contributed by atoms with Gasteiger partial charge in [-0.05, 0) is 19.3 Å². The number of nitrogens with one attached hydrogen (secondary N) is 1. The van der Waals surface area contributed by atoms with Crippen molar-refractivity contribution in [3.63, 3.8) is 0 Å². The molecule has 1 heterocycles. The smallest absolute Gasteiger partial charge is 0.241 e. The van der Waals surface area contributed by atoms with Crippen molar-refractivity contribution in [1.29, 1.82) is 0 Å². The summed E-state index contributed by atoms with van der Waals surface area (Å²) in [5, 5.41) is 3.33. The van der Waals surface area contributed by atoms with Crippen LogP contribution >= 0.6 is 0 Å². The Kier molecular flexibility index (Phi) is 3.62. The van der Waals surface area contributed by atoms with Gasteiger partial charge in [0, 0.05) is 6.04 Å². The van der Waals surface area contributed by atoms with Crippen LogP contribution in [0.5, 0.6) is 0 Å². The molecule has 15 heavy (non-hydrogen) atoms. The van der Waals surface area contributed by atoms with E-state index in [2.05, 4.69) is 17.1 Å². The third-order valence-electron chi connectivity index (χ3n) is 3.68. The second kappa shape index (κ2) is 4.97. The van der Waals surface area contributed by atoms with Crippen molar-refractivity contribution in [3.8, 4) is 0 Å². The van der Waals surface area contributed by atoms with Crippen LogP contribution in [0.2, 0.25) is 0 Å². The molecule has 2 aliphatic rings. The summed E-state index contributed by atoms with van der Waals surface area (Å²) < 4.78 is 0. The zero-order valence-corrected chi connectivity index (χ0v) is 9.67. The normalized spacial score (nSPS) is 28.7. The number of hydrogen-bond acceptors (Lipinski definition) is 2. The highest BCUT2D eigenvalue weighted by Gasteiger charge is 2.34. The Labute approximate surface area is 92.2 Å². The maximum atomic E-state index is 12.1. The van der Waals surface area contributed by atoms with Gasteiger partial charge in [-0.1, -0.05) is 32.6 Å². The molecule has 0 aromatic heterocycles. The molecule has 0 spiro atoms. The standard InChI is InChI=1S/C12H22N2O/c1-2-6-11-12(15)14(9-13-11)10-7-4-3-5-8-10/h10-11,13H,2-9H2,1H3. The van der Waals surface area contributed by atoms with Crippen molar-refractivity contribution in [2.75, 3.05) is 6.67 Å². The van der Waals surface area contributed by atoms with Gasteiger partial charge < -0.3 is 4.90 Å². The van der Waals surface area contributed by atoms with Crippen LogP contribution in [-0.2, 0) is 4.79 Å². The Morgan fingerprint density at radius 1 is 1.33 bits per heavy atom. The van der Waals surface area contributed by atoms with Crippen molar-refractivity contribution < 1.29 is 4.79 Å². The monoisotopic (exact) mass is 210 g/mol. The highest BCUT2D eigenvalue weighted by Crippen LogP contribution is 2.25. The van der Waals surface area contributed by atoms with Crippen LogP contribution in [0.1, 0.15) is 51.9 Å². The van der Waals surface area contributed by atoms with E-state index < -0.39 is 0 Å². The fraction of sp³-hybridized carbons (Fsp3) is 0.917. The highest BCUT2D eigenvalue weighted by atomic mass is 16.2. The predicted octanol–water partition coefficient (Wildman–Crippen LogP) is 1.88. The van der Waals surface area contributed by atoms with Crippen LogP contribution in [0.4, 0.5) is 0 Å². The molecule has 3 heteroatoms. The summed E-state index contributed by atoms with van der Waals surface area (Å²) in [4.78, 5) is 14.1. The maximum Gasteiger partial charge on any atom is 0.241 e. The van der Waals surface area contributed by atoms with Gasteiger partial charge in [0.05, 0.1) is 12.7 Å². The van der Waals surface area contributed by atoms with E-state index in [1.54, 1.807) is 0 Å². The van der Waals surface area contributed by atoms with Crippen molar-refractivity contribution in [2.24, 2.45) is 0 Å². The summed E-state index contributed by atoms with van der Waals surface area (Å²) >= 11 is 0. The van der Waals surface area contributed by atoms with E-state index in [1.165, 1.54) is 32.1 Å². The Morgan fingerprint density at radius 2 is 2.07 bits per heavy atom. The van der Waals surface area contributed by atoms with Crippen LogP contribution in [0, 0.1) is 0 Å². The lowest BCUT2D eigenvalue weighted by molar-refractivity contribution is -0.131. The molecule has 1 saturated carbocycles. The molecule has 1 unspecified atom stereocenters. The molecule has 1 aliphatic heterocycles. The van der Waals surface area contributed by atoms with Crippen molar-refractivity contribution in [3.05, 3.63) is 0 Å². The van der Waals surface area contributed by atoms with E-state index in [-0.39, 0.29) is 6.04 Å². The second-order valence-corrected chi connectivity index (χ2v) is 4.80. The van der Waals surface area contributed by atoms with Gasteiger partial charge in [-0.25, -0.2) is 0 Å². The molecule has 1 atom stereocenters. The Hall–Kier alpha value is -0.570. The number of nitrogens with zero attached hydrogens (tertiary/aromatic N) is 1. The Morgan fingerprint density at radius 3 is 2.73 bits per heavy atom. The van der Waals surface area contributed by atoms with Crippen LogP contribution in [0.15, 0.2) is 0 Å². The summed E-state index contributed by atoms with van der Waals surface area (Å²) in [5.41, 5.74) is 0. The van der Waals surface area contributed by atoms with Crippen molar-refractivity contribution in [2.45, 2.75) is 64.0 Å². The first-order valence-electron chi connectivity index (χ1n) is 6.36. The van der Waals surface area contributed by atoms with Gasteiger partial charge in [0.15, 0.2) is 0 Å².